The standard InChI is InChI=1S/C18H21ClN2O3S/c1-13-5-4-6-16(11-13)21(25(3,23)24)10-9-18(22)20-15-8-7-14(2)17(19)12-15/h4-8,11-12H,9-10H2,1-3H3,(H,20,22). The molecule has 7 heteroatoms. The van der Waals surface area contributed by atoms with E-state index in [0.717, 1.165) is 17.4 Å². The molecule has 2 aromatic rings. The lowest BCUT2D eigenvalue weighted by Gasteiger charge is -2.22. The van der Waals surface area contributed by atoms with E-state index < -0.39 is 10.0 Å². The van der Waals surface area contributed by atoms with Gasteiger partial charge in [-0.3, -0.25) is 9.10 Å². The van der Waals surface area contributed by atoms with E-state index in [0.29, 0.717) is 16.4 Å². The SMILES string of the molecule is Cc1cccc(N(CCC(=O)Nc2ccc(C)c(Cl)c2)S(C)(=O)=O)c1. The van der Waals surface area contributed by atoms with Gasteiger partial charge in [-0.1, -0.05) is 29.8 Å². The Balaban J connectivity index is 2.07. The second-order valence-electron chi connectivity index (χ2n) is 5.94. The number of nitrogens with zero attached hydrogens (tertiary/aromatic N) is 1. The molecular formula is C18H21ClN2O3S. The Kier molecular flexibility index (Phi) is 6.08. The summed E-state index contributed by atoms with van der Waals surface area (Å²) < 4.78 is 25.4. The second kappa shape index (κ2) is 7.89. The molecule has 2 aromatic carbocycles. The van der Waals surface area contributed by atoms with E-state index >= 15 is 0 Å². The quantitative estimate of drug-likeness (QED) is 0.829. The van der Waals surface area contributed by atoms with E-state index in [4.69, 9.17) is 11.6 Å². The fourth-order valence-corrected chi connectivity index (χ4v) is 3.47. The molecule has 0 aliphatic carbocycles. The summed E-state index contributed by atoms with van der Waals surface area (Å²) in [6.45, 7) is 3.82. The number of carbonyl (C=O) groups excluding carboxylic acids is 1. The minimum atomic E-state index is -3.48. The minimum absolute atomic E-state index is 0.0342. The summed E-state index contributed by atoms with van der Waals surface area (Å²) in [5.74, 6) is -0.277. The Morgan fingerprint density at radius 1 is 1.16 bits per heavy atom. The normalized spacial score (nSPS) is 11.2. The highest BCUT2D eigenvalue weighted by molar-refractivity contribution is 7.92. The van der Waals surface area contributed by atoms with E-state index in [1.165, 1.54) is 4.31 Å². The molecule has 0 bridgehead atoms. The zero-order chi connectivity index (χ0) is 18.6. The minimum Gasteiger partial charge on any atom is -0.326 e. The van der Waals surface area contributed by atoms with Crippen molar-refractivity contribution in [1.29, 1.82) is 0 Å². The van der Waals surface area contributed by atoms with Crippen molar-refractivity contribution < 1.29 is 13.2 Å². The van der Waals surface area contributed by atoms with Gasteiger partial charge in [-0.05, 0) is 49.2 Å². The van der Waals surface area contributed by atoms with Crippen molar-refractivity contribution in [3.05, 3.63) is 58.6 Å². The highest BCUT2D eigenvalue weighted by atomic mass is 35.5. The average Bonchev–Trinajstić information content (AvgIpc) is 2.50. The molecule has 0 radical (unpaired) electrons. The first-order valence-corrected chi connectivity index (χ1v) is 10.00. The van der Waals surface area contributed by atoms with Gasteiger partial charge in [-0.2, -0.15) is 0 Å². The Hall–Kier alpha value is -2.05. The lowest BCUT2D eigenvalue weighted by Crippen LogP contribution is -2.33. The van der Waals surface area contributed by atoms with E-state index in [9.17, 15) is 13.2 Å². The zero-order valence-electron chi connectivity index (χ0n) is 14.4. The number of aryl methyl sites for hydroxylation is 2. The Morgan fingerprint density at radius 2 is 1.88 bits per heavy atom. The molecule has 25 heavy (non-hydrogen) atoms. The van der Waals surface area contributed by atoms with E-state index in [1.807, 2.05) is 26.0 Å². The van der Waals surface area contributed by atoms with Crippen molar-refractivity contribution in [3.8, 4) is 0 Å². The summed E-state index contributed by atoms with van der Waals surface area (Å²) in [6, 6.07) is 12.4. The van der Waals surface area contributed by atoms with E-state index in [-0.39, 0.29) is 18.9 Å². The van der Waals surface area contributed by atoms with Gasteiger partial charge in [0.1, 0.15) is 0 Å². The van der Waals surface area contributed by atoms with Crippen LogP contribution in [-0.4, -0.2) is 27.1 Å². The fraction of sp³-hybridized carbons (Fsp3) is 0.278. The third-order valence-electron chi connectivity index (χ3n) is 3.69. The number of benzene rings is 2. The zero-order valence-corrected chi connectivity index (χ0v) is 16.0. The van der Waals surface area contributed by atoms with Gasteiger partial charge in [0.2, 0.25) is 15.9 Å². The largest absolute Gasteiger partial charge is 0.326 e. The Morgan fingerprint density at radius 3 is 2.48 bits per heavy atom. The third-order valence-corrected chi connectivity index (χ3v) is 5.29. The van der Waals surface area contributed by atoms with Crippen LogP contribution in [0, 0.1) is 13.8 Å². The summed E-state index contributed by atoms with van der Waals surface area (Å²) in [7, 11) is -3.48. The van der Waals surface area contributed by atoms with Crippen LogP contribution in [0.4, 0.5) is 11.4 Å². The molecule has 0 aromatic heterocycles. The average molecular weight is 381 g/mol. The summed E-state index contributed by atoms with van der Waals surface area (Å²) in [5, 5.41) is 3.30. The van der Waals surface area contributed by atoms with E-state index in [2.05, 4.69) is 5.32 Å². The molecule has 1 N–H and O–H groups in total. The van der Waals surface area contributed by atoms with Crippen LogP contribution < -0.4 is 9.62 Å². The monoisotopic (exact) mass is 380 g/mol. The summed E-state index contributed by atoms with van der Waals surface area (Å²) in [6.07, 6.45) is 1.17. The van der Waals surface area contributed by atoms with Crippen LogP contribution in [-0.2, 0) is 14.8 Å². The number of nitrogens with one attached hydrogen (secondary N) is 1. The first-order valence-electron chi connectivity index (χ1n) is 7.77. The molecule has 2 rings (SSSR count). The maximum Gasteiger partial charge on any atom is 0.232 e. The maximum atomic E-state index is 12.2. The fourth-order valence-electron chi connectivity index (χ4n) is 2.37. The molecule has 0 saturated carbocycles. The van der Waals surface area contributed by atoms with Crippen LogP contribution in [0.15, 0.2) is 42.5 Å². The second-order valence-corrected chi connectivity index (χ2v) is 8.25. The number of anilines is 2. The molecule has 5 nitrogen and oxygen atoms in total. The highest BCUT2D eigenvalue weighted by Gasteiger charge is 2.18. The summed E-state index contributed by atoms with van der Waals surface area (Å²) in [5.41, 5.74) is 3.00. The first-order chi connectivity index (χ1) is 11.7. The lowest BCUT2D eigenvalue weighted by atomic mass is 10.2. The van der Waals surface area contributed by atoms with Crippen LogP contribution >= 0.6 is 11.6 Å². The number of carbonyl (C=O) groups is 1. The van der Waals surface area contributed by atoms with E-state index in [1.54, 1.807) is 30.3 Å². The molecule has 0 unspecified atom stereocenters. The smallest absolute Gasteiger partial charge is 0.232 e. The number of halogens is 1. The molecule has 0 fully saturated rings. The molecule has 0 spiro atoms. The number of rotatable bonds is 6. The number of sulfonamides is 1. The molecule has 0 aliphatic rings. The van der Waals surface area contributed by atoms with Gasteiger partial charge >= 0.3 is 0 Å². The first kappa shape index (κ1) is 19.3. The van der Waals surface area contributed by atoms with Gasteiger partial charge < -0.3 is 5.32 Å². The lowest BCUT2D eigenvalue weighted by molar-refractivity contribution is -0.116. The number of hydrogen-bond donors (Lipinski definition) is 1. The van der Waals surface area contributed by atoms with Gasteiger partial charge in [0, 0.05) is 23.7 Å². The van der Waals surface area contributed by atoms with Crippen molar-refractivity contribution in [1.82, 2.24) is 0 Å². The van der Waals surface area contributed by atoms with Gasteiger partial charge in [0.15, 0.2) is 0 Å². The molecule has 0 heterocycles. The summed E-state index contributed by atoms with van der Waals surface area (Å²) in [4.78, 5) is 12.2. The topological polar surface area (TPSA) is 66.5 Å². The highest BCUT2D eigenvalue weighted by Crippen LogP contribution is 2.21. The molecule has 0 atom stereocenters. The molecule has 0 saturated heterocycles. The summed E-state index contributed by atoms with van der Waals surface area (Å²) >= 11 is 6.04. The Bertz CT molecular complexity index is 882. The van der Waals surface area contributed by atoms with Crippen LogP contribution in [0.5, 0.6) is 0 Å². The van der Waals surface area contributed by atoms with Crippen LogP contribution in [0.1, 0.15) is 17.5 Å². The third kappa shape index (κ3) is 5.47. The van der Waals surface area contributed by atoms with Crippen molar-refractivity contribution in [3.63, 3.8) is 0 Å². The van der Waals surface area contributed by atoms with Gasteiger partial charge in [0.25, 0.3) is 0 Å². The predicted octanol–water partition coefficient (Wildman–Crippen LogP) is 3.75. The van der Waals surface area contributed by atoms with Crippen LogP contribution in [0.25, 0.3) is 0 Å². The molecule has 134 valence electrons. The van der Waals surface area contributed by atoms with Crippen LogP contribution in [0.2, 0.25) is 5.02 Å². The van der Waals surface area contributed by atoms with Crippen molar-refractivity contribution >= 4 is 38.9 Å². The van der Waals surface area contributed by atoms with Gasteiger partial charge in [-0.25, -0.2) is 8.42 Å². The van der Waals surface area contributed by atoms with Crippen molar-refractivity contribution in [2.45, 2.75) is 20.3 Å². The molecule has 1 amide bonds. The number of amides is 1. The number of hydrogen-bond acceptors (Lipinski definition) is 3. The van der Waals surface area contributed by atoms with Crippen molar-refractivity contribution in [2.24, 2.45) is 0 Å². The van der Waals surface area contributed by atoms with Gasteiger partial charge in [-0.15, -0.1) is 0 Å². The van der Waals surface area contributed by atoms with Gasteiger partial charge in [0.05, 0.1) is 11.9 Å². The molecular weight excluding hydrogens is 360 g/mol. The molecule has 0 aliphatic heterocycles. The van der Waals surface area contributed by atoms with Crippen LogP contribution in [0.3, 0.4) is 0 Å². The van der Waals surface area contributed by atoms with Crippen molar-refractivity contribution in [2.75, 3.05) is 22.4 Å². The Labute approximate surface area is 153 Å². The maximum absolute atomic E-state index is 12.2. The predicted molar refractivity (Wildman–Crippen MR) is 103 cm³/mol.